The highest BCUT2D eigenvalue weighted by molar-refractivity contribution is 7.93. The summed E-state index contributed by atoms with van der Waals surface area (Å²) in [5, 5.41) is 1.87. The Labute approximate surface area is 134 Å². The molecule has 0 aliphatic rings. The largest absolute Gasteiger partial charge is 0.419 e. The number of rotatable bonds is 4. The monoisotopic (exact) mass is 359 g/mol. The fourth-order valence-corrected chi connectivity index (χ4v) is 4.34. The molecule has 0 unspecified atom stereocenters. The first kappa shape index (κ1) is 15.1. The zero-order valence-corrected chi connectivity index (χ0v) is 13.6. The van der Waals surface area contributed by atoms with E-state index in [0.717, 1.165) is 11.3 Å². The van der Waals surface area contributed by atoms with Gasteiger partial charge in [0.05, 0.1) is 10.5 Å². The van der Waals surface area contributed by atoms with Crippen LogP contribution < -0.4 is 10.5 Å². The number of nitrogens with one attached hydrogen (secondary N) is 1. The molecule has 0 bridgehead atoms. The summed E-state index contributed by atoms with van der Waals surface area (Å²) in [6.45, 7) is 2.17. The fraction of sp³-hybridized carbons (Fsp3) is 0.167. The topological polar surface area (TPSA) is 94.2 Å². The van der Waals surface area contributed by atoms with Crippen molar-refractivity contribution < 1.29 is 12.8 Å². The van der Waals surface area contributed by atoms with Crippen LogP contribution in [-0.2, 0) is 16.6 Å². The number of thiazole rings is 1. The van der Waals surface area contributed by atoms with Crippen molar-refractivity contribution in [3.8, 4) is 0 Å². The van der Waals surface area contributed by atoms with Gasteiger partial charge in [-0.3, -0.25) is 9.29 Å². The molecule has 0 amide bonds. The molecule has 0 fully saturated rings. The molecular formula is C12H10ClN3O4S2. The highest BCUT2D eigenvalue weighted by Gasteiger charge is 2.22. The van der Waals surface area contributed by atoms with Crippen LogP contribution in [0.5, 0.6) is 0 Å². The van der Waals surface area contributed by atoms with Crippen LogP contribution in [-0.4, -0.2) is 18.0 Å². The number of sulfonamides is 1. The number of aryl methyl sites for hydroxylation is 1. The van der Waals surface area contributed by atoms with Gasteiger partial charge in [0, 0.05) is 24.2 Å². The van der Waals surface area contributed by atoms with E-state index in [0.29, 0.717) is 12.1 Å². The summed E-state index contributed by atoms with van der Waals surface area (Å²) in [5.41, 5.74) is 0.612. The average Bonchev–Trinajstić information content (AvgIpc) is 3.04. The minimum absolute atomic E-state index is 0.000411. The fourth-order valence-electron chi connectivity index (χ4n) is 2.01. The zero-order valence-electron chi connectivity index (χ0n) is 11.2. The first-order valence-electron chi connectivity index (χ1n) is 6.17. The standard InChI is InChI=1S/C12H10ClN3O4S2/c1-2-16-8-5-7(13)10(6-9(8)20-12(16)17)22(18,19)15-11-14-3-4-21-11/h3-6H,2H2,1H3,(H,14,15). The van der Waals surface area contributed by atoms with Gasteiger partial charge in [-0.05, 0) is 13.0 Å². The van der Waals surface area contributed by atoms with Gasteiger partial charge < -0.3 is 4.42 Å². The molecule has 0 aliphatic heterocycles. The Balaban J connectivity index is 2.15. The molecule has 0 saturated carbocycles. The number of nitrogens with zero attached hydrogens (tertiary/aromatic N) is 2. The highest BCUT2D eigenvalue weighted by Crippen LogP contribution is 2.29. The molecule has 22 heavy (non-hydrogen) atoms. The maximum Gasteiger partial charge on any atom is 0.419 e. The summed E-state index contributed by atoms with van der Waals surface area (Å²) in [4.78, 5) is 15.4. The number of halogens is 1. The highest BCUT2D eigenvalue weighted by atomic mass is 35.5. The Morgan fingerprint density at radius 1 is 1.45 bits per heavy atom. The van der Waals surface area contributed by atoms with Gasteiger partial charge in [0.1, 0.15) is 4.90 Å². The van der Waals surface area contributed by atoms with Crippen LogP contribution >= 0.6 is 22.9 Å². The van der Waals surface area contributed by atoms with E-state index in [1.165, 1.54) is 22.9 Å². The Morgan fingerprint density at radius 2 is 2.23 bits per heavy atom. The number of hydrogen-bond acceptors (Lipinski definition) is 6. The summed E-state index contributed by atoms with van der Waals surface area (Å²) in [6, 6.07) is 2.64. The first-order chi connectivity index (χ1) is 10.4. The van der Waals surface area contributed by atoms with Gasteiger partial charge in [0.2, 0.25) is 0 Å². The number of anilines is 1. The quantitative estimate of drug-likeness (QED) is 0.772. The molecule has 116 valence electrons. The number of hydrogen-bond donors (Lipinski definition) is 1. The van der Waals surface area contributed by atoms with Crippen LogP contribution in [0.15, 0.2) is 37.8 Å². The van der Waals surface area contributed by atoms with E-state index in [2.05, 4.69) is 9.71 Å². The molecule has 2 aromatic heterocycles. The lowest BCUT2D eigenvalue weighted by Gasteiger charge is -2.07. The van der Waals surface area contributed by atoms with Crippen molar-refractivity contribution in [2.45, 2.75) is 18.4 Å². The third kappa shape index (κ3) is 2.51. The van der Waals surface area contributed by atoms with Gasteiger partial charge >= 0.3 is 5.76 Å². The van der Waals surface area contributed by atoms with Crippen molar-refractivity contribution in [1.29, 1.82) is 0 Å². The molecule has 0 aliphatic carbocycles. The Morgan fingerprint density at radius 3 is 2.86 bits per heavy atom. The van der Waals surface area contributed by atoms with Crippen molar-refractivity contribution in [2.24, 2.45) is 0 Å². The molecule has 3 aromatic rings. The summed E-state index contributed by atoms with van der Waals surface area (Å²) in [5.74, 6) is -0.559. The van der Waals surface area contributed by atoms with Crippen molar-refractivity contribution in [1.82, 2.24) is 9.55 Å². The molecular weight excluding hydrogens is 350 g/mol. The van der Waals surface area contributed by atoms with E-state index in [1.807, 2.05) is 0 Å². The van der Waals surface area contributed by atoms with Crippen LogP contribution in [0, 0.1) is 0 Å². The molecule has 10 heteroatoms. The summed E-state index contributed by atoms with van der Waals surface area (Å²) >= 11 is 7.21. The third-order valence-corrected chi connectivity index (χ3v) is 5.60. The molecule has 1 N–H and O–H groups in total. The Bertz CT molecular complexity index is 989. The van der Waals surface area contributed by atoms with Crippen molar-refractivity contribution in [2.75, 3.05) is 4.72 Å². The van der Waals surface area contributed by atoms with Crippen LogP contribution in [0.2, 0.25) is 5.02 Å². The van der Waals surface area contributed by atoms with Crippen LogP contribution in [0.3, 0.4) is 0 Å². The second kappa shape index (κ2) is 5.41. The maximum atomic E-state index is 12.4. The van der Waals surface area contributed by atoms with Crippen molar-refractivity contribution >= 4 is 49.2 Å². The molecule has 0 saturated heterocycles. The van der Waals surface area contributed by atoms with Crippen molar-refractivity contribution in [3.63, 3.8) is 0 Å². The van der Waals surface area contributed by atoms with Gasteiger partial charge in [-0.1, -0.05) is 11.6 Å². The van der Waals surface area contributed by atoms with Gasteiger partial charge in [-0.2, -0.15) is 0 Å². The molecule has 3 rings (SSSR count). The first-order valence-corrected chi connectivity index (χ1v) is 8.91. The van der Waals surface area contributed by atoms with Gasteiger partial charge in [-0.25, -0.2) is 18.2 Å². The smallest absolute Gasteiger partial charge is 0.408 e. The van der Waals surface area contributed by atoms with Gasteiger partial charge in [0.25, 0.3) is 10.0 Å². The number of fused-ring (bicyclic) bond motifs is 1. The molecule has 0 atom stereocenters. The average molecular weight is 360 g/mol. The molecule has 1 aromatic carbocycles. The summed E-state index contributed by atoms with van der Waals surface area (Å²) in [6.07, 6.45) is 1.48. The van der Waals surface area contributed by atoms with Crippen LogP contribution in [0.1, 0.15) is 6.92 Å². The maximum absolute atomic E-state index is 12.4. The van der Waals surface area contributed by atoms with Crippen LogP contribution in [0.4, 0.5) is 5.13 Å². The normalized spacial score (nSPS) is 11.9. The lowest BCUT2D eigenvalue weighted by molar-refractivity contribution is 0.512. The minimum Gasteiger partial charge on any atom is -0.408 e. The lowest BCUT2D eigenvalue weighted by atomic mass is 10.3. The summed E-state index contributed by atoms with van der Waals surface area (Å²) in [7, 11) is -3.92. The number of benzene rings is 1. The second-order valence-electron chi connectivity index (χ2n) is 4.31. The van der Waals surface area contributed by atoms with E-state index in [1.54, 1.807) is 12.3 Å². The van der Waals surface area contributed by atoms with Crippen molar-refractivity contribution in [3.05, 3.63) is 39.3 Å². The predicted octanol–water partition coefficient (Wildman–Crippen LogP) is 2.53. The molecule has 0 radical (unpaired) electrons. The number of oxazole rings is 1. The third-order valence-electron chi connectivity index (χ3n) is 2.98. The van der Waals surface area contributed by atoms with Gasteiger partial charge in [-0.15, -0.1) is 11.3 Å². The second-order valence-corrected chi connectivity index (χ2v) is 7.26. The number of aromatic nitrogens is 2. The van der Waals surface area contributed by atoms with E-state index >= 15 is 0 Å². The van der Waals surface area contributed by atoms with E-state index in [4.69, 9.17) is 16.0 Å². The molecule has 7 nitrogen and oxygen atoms in total. The lowest BCUT2D eigenvalue weighted by Crippen LogP contribution is -2.13. The van der Waals surface area contributed by atoms with E-state index in [9.17, 15) is 13.2 Å². The summed E-state index contributed by atoms with van der Waals surface area (Å²) < 4.78 is 33.5. The van der Waals surface area contributed by atoms with Gasteiger partial charge in [0.15, 0.2) is 10.7 Å². The van der Waals surface area contributed by atoms with E-state index in [-0.39, 0.29) is 20.6 Å². The molecule has 2 heterocycles. The van der Waals surface area contributed by atoms with Crippen LogP contribution in [0.25, 0.3) is 11.1 Å². The predicted molar refractivity (Wildman–Crippen MR) is 84.1 cm³/mol. The zero-order chi connectivity index (χ0) is 15.9. The van der Waals surface area contributed by atoms with E-state index < -0.39 is 15.8 Å². The Hall–Kier alpha value is -1.84. The molecule has 0 spiro atoms. The minimum atomic E-state index is -3.92. The SMILES string of the molecule is CCn1c(=O)oc2cc(S(=O)(=O)Nc3nccs3)c(Cl)cc21. The Kier molecular flexibility index (Phi) is 3.71.